The van der Waals surface area contributed by atoms with Gasteiger partial charge in [-0.2, -0.15) is 4.98 Å². The van der Waals surface area contributed by atoms with Crippen molar-refractivity contribution in [3.05, 3.63) is 39.6 Å². The van der Waals surface area contributed by atoms with Gasteiger partial charge in [0.2, 0.25) is 11.9 Å². The number of rotatable bonds is 5. The Balaban J connectivity index is 0.00000272. The normalized spacial score (nSPS) is 17.5. The molecule has 1 aliphatic heterocycles. The Kier molecular flexibility index (Phi) is 6.79. The summed E-state index contributed by atoms with van der Waals surface area (Å²) in [4.78, 5) is 33.8. The summed E-state index contributed by atoms with van der Waals surface area (Å²) in [5.74, 6) is 1.27. The highest BCUT2D eigenvalue weighted by atomic mass is 35.5. The first-order valence-corrected chi connectivity index (χ1v) is 10.1. The van der Waals surface area contributed by atoms with Crippen LogP contribution in [0.5, 0.6) is 0 Å². The van der Waals surface area contributed by atoms with Gasteiger partial charge in [0.05, 0.1) is 10.6 Å². The fourth-order valence-corrected chi connectivity index (χ4v) is 4.21. The average Bonchev–Trinajstić information content (AvgIpc) is 3.17. The SMILES string of the molecule is CC(=O)NC1CCCN(c2nc(Nc3ccc(N)c([N+](=O)[O-])c3)nc3c2CCC3)C1.Cl. The van der Waals surface area contributed by atoms with Crippen molar-refractivity contribution in [2.45, 2.75) is 45.1 Å². The van der Waals surface area contributed by atoms with Gasteiger partial charge in [-0.25, -0.2) is 4.98 Å². The van der Waals surface area contributed by atoms with Gasteiger partial charge in [-0.1, -0.05) is 0 Å². The third-order valence-electron chi connectivity index (χ3n) is 5.52. The fourth-order valence-electron chi connectivity index (χ4n) is 4.21. The summed E-state index contributed by atoms with van der Waals surface area (Å²) in [6, 6.07) is 4.66. The van der Waals surface area contributed by atoms with Crippen LogP contribution in [-0.4, -0.2) is 39.9 Å². The maximum atomic E-state index is 11.5. The number of halogens is 1. The predicted octanol–water partition coefficient (Wildman–Crippen LogP) is 2.73. The molecule has 1 aromatic carbocycles. The van der Waals surface area contributed by atoms with Crippen molar-refractivity contribution in [2.75, 3.05) is 29.0 Å². The van der Waals surface area contributed by atoms with Crippen LogP contribution in [0.4, 0.5) is 28.8 Å². The smallest absolute Gasteiger partial charge is 0.294 e. The highest BCUT2D eigenvalue weighted by Crippen LogP contribution is 2.33. The minimum absolute atomic E-state index is 0. The lowest BCUT2D eigenvalue weighted by Gasteiger charge is -2.35. The maximum absolute atomic E-state index is 11.5. The van der Waals surface area contributed by atoms with E-state index >= 15 is 0 Å². The lowest BCUT2D eigenvalue weighted by Crippen LogP contribution is -2.47. The fraction of sp³-hybridized carbons (Fsp3) is 0.450. The maximum Gasteiger partial charge on any atom is 0.294 e. The highest BCUT2D eigenvalue weighted by molar-refractivity contribution is 5.85. The van der Waals surface area contributed by atoms with Crippen LogP contribution in [0.2, 0.25) is 0 Å². The number of nitrogens with zero attached hydrogens (tertiary/aromatic N) is 4. The lowest BCUT2D eigenvalue weighted by molar-refractivity contribution is -0.383. The summed E-state index contributed by atoms with van der Waals surface area (Å²) < 4.78 is 0. The van der Waals surface area contributed by atoms with Gasteiger partial charge in [0, 0.05) is 43.4 Å². The van der Waals surface area contributed by atoms with E-state index in [1.165, 1.54) is 19.1 Å². The molecule has 11 heteroatoms. The van der Waals surface area contributed by atoms with Crippen LogP contribution in [0.15, 0.2) is 18.2 Å². The second kappa shape index (κ2) is 9.34. The first kappa shape index (κ1) is 22.5. The molecule has 1 fully saturated rings. The second-order valence-corrected chi connectivity index (χ2v) is 7.79. The number of aromatic nitrogens is 2. The Morgan fingerprint density at radius 2 is 2.10 bits per heavy atom. The van der Waals surface area contributed by atoms with Crippen molar-refractivity contribution in [3.63, 3.8) is 0 Å². The number of hydrogen-bond donors (Lipinski definition) is 3. The molecule has 0 saturated carbocycles. The number of carbonyl (C=O) groups is 1. The van der Waals surface area contributed by atoms with Crippen molar-refractivity contribution < 1.29 is 9.72 Å². The van der Waals surface area contributed by atoms with Crippen LogP contribution in [0, 0.1) is 10.1 Å². The molecule has 10 nitrogen and oxygen atoms in total. The Morgan fingerprint density at radius 1 is 1.29 bits per heavy atom. The van der Waals surface area contributed by atoms with E-state index in [2.05, 4.69) is 20.5 Å². The molecule has 2 aromatic rings. The van der Waals surface area contributed by atoms with Crippen molar-refractivity contribution in [1.29, 1.82) is 0 Å². The number of nitro groups is 1. The number of amides is 1. The molecule has 2 heterocycles. The molecule has 1 unspecified atom stereocenters. The van der Waals surface area contributed by atoms with E-state index < -0.39 is 4.92 Å². The topological polar surface area (TPSA) is 139 Å². The quantitative estimate of drug-likeness (QED) is 0.361. The zero-order valence-electron chi connectivity index (χ0n) is 17.3. The van der Waals surface area contributed by atoms with Crippen molar-refractivity contribution >= 4 is 47.1 Å². The van der Waals surface area contributed by atoms with Crippen LogP contribution in [0.25, 0.3) is 0 Å². The molecule has 166 valence electrons. The summed E-state index contributed by atoms with van der Waals surface area (Å²) in [6.45, 7) is 3.11. The number of nitro benzene ring substituents is 1. The van der Waals surface area contributed by atoms with E-state index in [9.17, 15) is 14.9 Å². The van der Waals surface area contributed by atoms with Gasteiger partial charge in [-0.05, 0) is 44.2 Å². The molecule has 2 aliphatic rings. The Bertz CT molecular complexity index is 1000. The van der Waals surface area contributed by atoms with Crippen molar-refractivity contribution in [2.24, 2.45) is 0 Å². The van der Waals surface area contributed by atoms with E-state index in [0.29, 0.717) is 18.2 Å². The number of nitrogens with one attached hydrogen (secondary N) is 2. The highest BCUT2D eigenvalue weighted by Gasteiger charge is 2.27. The summed E-state index contributed by atoms with van der Waals surface area (Å²) in [5, 5.41) is 17.3. The van der Waals surface area contributed by atoms with Crippen LogP contribution < -0.4 is 21.3 Å². The van der Waals surface area contributed by atoms with Gasteiger partial charge in [0.1, 0.15) is 11.5 Å². The minimum atomic E-state index is -0.509. The number of carbonyl (C=O) groups excluding carboxylic acids is 1. The van der Waals surface area contributed by atoms with E-state index in [1.54, 1.807) is 6.07 Å². The third-order valence-corrected chi connectivity index (χ3v) is 5.52. The number of aryl methyl sites for hydroxylation is 1. The zero-order chi connectivity index (χ0) is 21.3. The molecule has 31 heavy (non-hydrogen) atoms. The first-order chi connectivity index (χ1) is 14.4. The van der Waals surface area contributed by atoms with Crippen LogP contribution in [-0.2, 0) is 17.6 Å². The number of nitrogen functional groups attached to an aromatic ring is 1. The molecule has 0 radical (unpaired) electrons. The molecule has 1 aliphatic carbocycles. The Hall–Kier alpha value is -3.14. The number of nitrogens with two attached hydrogens (primary N) is 1. The van der Waals surface area contributed by atoms with Crippen molar-refractivity contribution in [1.82, 2.24) is 15.3 Å². The molecule has 4 N–H and O–H groups in total. The molecule has 1 atom stereocenters. The molecular formula is C20H26ClN7O3. The van der Waals surface area contributed by atoms with Gasteiger partial charge in [0.25, 0.3) is 5.69 Å². The molecule has 1 saturated heterocycles. The molecule has 4 rings (SSSR count). The summed E-state index contributed by atoms with van der Waals surface area (Å²) in [7, 11) is 0. The number of anilines is 4. The Morgan fingerprint density at radius 3 is 2.84 bits per heavy atom. The van der Waals surface area contributed by atoms with Crippen LogP contribution in [0.1, 0.15) is 37.4 Å². The molecule has 0 bridgehead atoms. The third kappa shape index (κ3) is 4.96. The van der Waals surface area contributed by atoms with Gasteiger partial charge in [0.15, 0.2) is 0 Å². The van der Waals surface area contributed by atoms with Gasteiger partial charge in [-0.3, -0.25) is 14.9 Å². The first-order valence-electron chi connectivity index (χ1n) is 10.1. The van der Waals surface area contributed by atoms with E-state index in [-0.39, 0.29) is 35.7 Å². The Labute approximate surface area is 186 Å². The summed E-state index contributed by atoms with van der Waals surface area (Å²) >= 11 is 0. The molecular weight excluding hydrogens is 422 g/mol. The predicted molar refractivity (Wildman–Crippen MR) is 121 cm³/mol. The van der Waals surface area contributed by atoms with Crippen LogP contribution >= 0.6 is 12.4 Å². The summed E-state index contributed by atoms with van der Waals surface area (Å²) in [6.07, 6.45) is 4.75. The number of hydrogen-bond acceptors (Lipinski definition) is 8. The second-order valence-electron chi connectivity index (χ2n) is 7.79. The van der Waals surface area contributed by atoms with E-state index in [0.717, 1.165) is 55.7 Å². The minimum Gasteiger partial charge on any atom is -0.393 e. The van der Waals surface area contributed by atoms with Gasteiger partial charge < -0.3 is 21.3 Å². The standard InChI is InChI=1S/C20H25N7O3.ClH/c1-12(28)22-14-4-3-9-26(11-14)19-15-5-2-6-17(15)24-20(25-19)23-13-7-8-16(21)18(10-13)27(29)30;/h7-8,10,14H,2-6,9,11,21H2,1H3,(H,22,28)(H,23,24,25);1H. The lowest BCUT2D eigenvalue weighted by atomic mass is 10.0. The number of fused-ring (bicyclic) bond motifs is 1. The molecule has 1 amide bonds. The van der Waals surface area contributed by atoms with E-state index in [4.69, 9.17) is 10.7 Å². The molecule has 0 spiro atoms. The monoisotopic (exact) mass is 447 g/mol. The number of benzene rings is 1. The van der Waals surface area contributed by atoms with Gasteiger partial charge in [-0.15, -0.1) is 12.4 Å². The zero-order valence-corrected chi connectivity index (χ0v) is 18.1. The number of piperidine rings is 1. The molecule has 1 aromatic heterocycles. The average molecular weight is 448 g/mol. The van der Waals surface area contributed by atoms with Crippen molar-refractivity contribution in [3.8, 4) is 0 Å². The largest absolute Gasteiger partial charge is 0.393 e. The van der Waals surface area contributed by atoms with Gasteiger partial charge >= 0.3 is 0 Å². The van der Waals surface area contributed by atoms with E-state index in [1.807, 2.05) is 0 Å². The van der Waals surface area contributed by atoms with Crippen LogP contribution in [0.3, 0.4) is 0 Å². The summed E-state index contributed by atoms with van der Waals surface area (Å²) in [5.41, 5.74) is 8.32.